The van der Waals surface area contributed by atoms with Crippen molar-refractivity contribution in [3.8, 4) is 5.75 Å². The van der Waals surface area contributed by atoms with Crippen LogP contribution in [-0.4, -0.2) is 44.7 Å². The van der Waals surface area contributed by atoms with Gasteiger partial charge in [0.15, 0.2) is 0 Å². The fourth-order valence-electron chi connectivity index (χ4n) is 3.63. The highest BCUT2D eigenvalue weighted by Gasteiger charge is 2.21. The lowest BCUT2D eigenvalue weighted by atomic mass is 9.87. The summed E-state index contributed by atoms with van der Waals surface area (Å²) in [5.74, 6) is 1.86. The van der Waals surface area contributed by atoms with E-state index in [1.54, 1.807) is 7.11 Å². The number of fused-ring (bicyclic) bond motifs is 1. The van der Waals surface area contributed by atoms with E-state index in [0.717, 1.165) is 18.1 Å². The predicted octanol–water partition coefficient (Wildman–Crippen LogP) is 2.48. The number of hydrogen-bond donors (Lipinski definition) is 1. The van der Waals surface area contributed by atoms with E-state index in [-0.39, 0.29) is 0 Å². The fourth-order valence-corrected chi connectivity index (χ4v) is 3.63. The van der Waals surface area contributed by atoms with Gasteiger partial charge in [-0.25, -0.2) is 0 Å². The molecule has 0 spiro atoms. The topological polar surface area (TPSA) is 24.5 Å². The van der Waals surface area contributed by atoms with Gasteiger partial charge in [-0.3, -0.25) is 0 Å². The van der Waals surface area contributed by atoms with E-state index in [1.165, 1.54) is 56.4 Å². The molecule has 0 aromatic heterocycles. The van der Waals surface area contributed by atoms with Crippen LogP contribution in [0.1, 0.15) is 30.4 Å². The number of nitrogens with zero attached hydrogens (tertiary/aromatic N) is 1. The van der Waals surface area contributed by atoms with Crippen LogP contribution in [0.15, 0.2) is 18.2 Å². The van der Waals surface area contributed by atoms with Gasteiger partial charge in [-0.1, -0.05) is 6.07 Å². The third-order valence-corrected chi connectivity index (χ3v) is 5.18. The first-order valence-corrected chi connectivity index (χ1v) is 8.32. The highest BCUT2D eigenvalue weighted by molar-refractivity contribution is 5.37. The zero-order valence-electron chi connectivity index (χ0n) is 13.4. The molecule has 1 aliphatic heterocycles. The third kappa shape index (κ3) is 3.78. The summed E-state index contributed by atoms with van der Waals surface area (Å²) in [6, 6.07) is 7.19. The van der Waals surface area contributed by atoms with Crippen LogP contribution in [0.25, 0.3) is 0 Å². The highest BCUT2D eigenvalue weighted by atomic mass is 16.5. The number of hydrogen-bond acceptors (Lipinski definition) is 3. The molecule has 1 saturated heterocycles. The van der Waals surface area contributed by atoms with Crippen LogP contribution in [0.3, 0.4) is 0 Å². The van der Waals surface area contributed by atoms with E-state index >= 15 is 0 Å². The standard InChI is InChI=1S/C18H28N2O/c1-20-9-7-14(8-10-20)13-19-17-5-3-15-4-6-18(21-2)12-16(15)11-17/h4,6,12,14,17,19H,3,5,7-11,13H2,1-2H3. The number of nitrogens with one attached hydrogen (secondary N) is 1. The monoisotopic (exact) mass is 288 g/mol. The molecule has 1 fully saturated rings. The number of methoxy groups -OCH3 is 1. The zero-order valence-corrected chi connectivity index (χ0v) is 13.4. The number of piperidine rings is 1. The van der Waals surface area contributed by atoms with Gasteiger partial charge in [0.1, 0.15) is 5.75 Å². The summed E-state index contributed by atoms with van der Waals surface area (Å²) in [6.45, 7) is 3.71. The third-order valence-electron chi connectivity index (χ3n) is 5.18. The van der Waals surface area contributed by atoms with Gasteiger partial charge in [-0.15, -0.1) is 0 Å². The number of rotatable bonds is 4. The maximum atomic E-state index is 5.36. The molecule has 1 aromatic carbocycles. The average molecular weight is 288 g/mol. The Labute approximate surface area is 128 Å². The summed E-state index contributed by atoms with van der Waals surface area (Å²) in [5, 5.41) is 3.83. The van der Waals surface area contributed by atoms with Crippen molar-refractivity contribution in [2.75, 3.05) is 33.8 Å². The van der Waals surface area contributed by atoms with E-state index in [0.29, 0.717) is 6.04 Å². The van der Waals surface area contributed by atoms with Crippen molar-refractivity contribution in [3.63, 3.8) is 0 Å². The minimum absolute atomic E-state index is 0.643. The molecule has 0 bridgehead atoms. The molecule has 21 heavy (non-hydrogen) atoms. The number of benzene rings is 1. The lowest BCUT2D eigenvalue weighted by molar-refractivity contribution is 0.211. The summed E-state index contributed by atoms with van der Waals surface area (Å²) in [5.41, 5.74) is 2.98. The molecule has 3 nitrogen and oxygen atoms in total. The summed E-state index contributed by atoms with van der Waals surface area (Å²) < 4.78 is 5.36. The van der Waals surface area contributed by atoms with E-state index in [2.05, 4.69) is 35.5 Å². The molecule has 1 aliphatic carbocycles. The van der Waals surface area contributed by atoms with E-state index in [1.807, 2.05) is 0 Å². The van der Waals surface area contributed by atoms with Crippen molar-refractivity contribution >= 4 is 0 Å². The first-order valence-electron chi connectivity index (χ1n) is 8.32. The van der Waals surface area contributed by atoms with Crippen molar-refractivity contribution < 1.29 is 4.74 Å². The van der Waals surface area contributed by atoms with Crippen LogP contribution in [0.4, 0.5) is 0 Å². The Morgan fingerprint density at radius 1 is 1.19 bits per heavy atom. The Morgan fingerprint density at radius 3 is 2.76 bits per heavy atom. The Kier molecular flexibility index (Phi) is 4.81. The number of ether oxygens (including phenoxy) is 1. The second-order valence-electron chi connectivity index (χ2n) is 6.73. The van der Waals surface area contributed by atoms with Crippen LogP contribution < -0.4 is 10.1 Å². The highest BCUT2D eigenvalue weighted by Crippen LogP contribution is 2.26. The van der Waals surface area contributed by atoms with E-state index in [9.17, 15) is 0 Å². The second kappa shape index (κ2) is 6.80. The second-order valence-corrected chi connectivity index (χ2v) is 6.73. The average Bonchev–Trinajstić information content (AvgIpc) is 2.53. The van der Waals surface area contributed by atoms with Crippen molar-refractivity contribution in [2.45, 2.75) is 38.1 Å². The molecule has 0 radical (unpaired) electrons. The Bertz CT molecular complexity index is 466. The molecule has 1 N–H and O–H groups in total. The largest absolute Gasteiger partial charge is 0.497 e. The van der Waals surface area contributed by atoms with Gasteiger partial charge >= 0.3 is 0 Å². The molecule has 2 aliphatic rings. The van der Waals surface area contributed by atoms with Gasteiger partial charge in [-0.2, -0.15) is 0 Å². The van der Waals surface area contributed by atoms with Gasteiger partial charge in [0, 0.05) is 6.04 Å². The summed E-state index contributed by atoms with van der Waals surface area (Å²) >= 11 is 0. The van der Waals surface area contributed by atoms with Crippen LogP contribution in [-0.2, 0) is 12.8 Å². The lowest BCUT2D eigenvalue weighted by Gasteiger charge is -2.32. The zero-order chi connectivity index (χ0) is 14.7. The molecule has 1 atom stereocenters. The fraction of sp³-hybridized carbons (Fsp3) is 0.667. The van der Waals surface area contributed by atoms with Gasteiger partial charge in [-0.05, 0) is 88.0 Å². The van der Waals surface area contributed by atoms with Crippen LogP contribution >= 0.6 is 0 Å². The molecule has 0 amide bonds. The Balaban J connectivity index is 1.51. The van der Waals surface area contributed by atoms with E-state index < -0.39 is 0 Å². The summed E-state index contributed by atoms with van der Waals surface area (Å²) in [4.78, 5) is 2.44. The molecular formula is C18H28N2O. The Morgan fingerprint density at radius 2 is 2.00 bits per heavy atom. The Hall–Kier alpha value is -1.06. The van der Waals surface area contributed by atoms with E-state index in [4.69, 9.17) is 4.74 Å². The lowest BCUT2D eigenvalue weighted by Crippen LogP contribution is -2.40. The molecule has 1 unspecified atom stereocenters. The molecule has 1 aromatic rings. The number of likely N-dealkylation sites (tertiary alicyclic amines) is 1. The molecule has 1 heterocycles. The normalized spacial score (nSPS) is 23.8. The van der Waals surface area contributed by atoms with Gasteiger partial charge in [0.05, 0.1) is 7.11 Å². The molecule has 0 saturated carbocycles. The van der Waals surface area contributed by atoms with Crippen molar-refractivity contribution in [2.24, 2.45) is 5.92 Å². The van der Waals surface area contributed by atoms with Crippen molar-refractivity contribution in [1.29, 1.82) is 0 Å². The minimum atomic E-state index is 0.643. The van der Waals surface area contributed by atoms with Gasteiger partial charge in [0.2, 0.25) is 0 Å². The smallest absolute Gasteiger partial charge is 0.119 e. The molecular weight excluding hydrogens is 260 g/mol. The van der Waals surface area contributed by atoms with Gasteiger partial charge < -0.3 is 15.0 Å². The van der Waals surface area contributed by atoms with Crippen LogP contribution in [0.2, 0.25) is 0 Å². The van der Waals surface area contributed by atoms with Crippen molar-refractivity contribution in [3.05, 3.63) is 29.3 Å². The predicted molar refractivity (Wildman–Crippen MR) is 87.0 cm³/mol. The molecule has 3 heteroatoms. The van der Waals surface area contributed by atoms with Crippen molar-refractivity contribution in [1.82, 2.24) is 10.2 Å². The number of aryl methyl sites for hydroxylation is 1. The SMILES string of the molecule is COc1ccc2c(c1)CC(NCC1CCN(C)CC1)CC2. The summed E-state index contributed by atoms with van der Waals surface area (Å²) in [7, 11) is 3.98. The molecule has 3 rings (SSSR count). The molecule has 116 valence electrons. The van der Waals surface area contributed by atoms with Gasteiger partial charge in [0.25, 0.3) is 0 Å². The minimum Gasteiger partial charge on any atom is -0.497 e. The van der Waals surface area contributed by atoms with Crippen LogP contribution in [0, 0.1) is 5.92 Å². The first kappa shape index (κ1) is 14.9. The quantitative estimate of drug-likeness (QED) is 0.921. The maximum absolute atomic E-state index is 5.36. The maximum Gasteiger partial charge on any atom is 0.119 e. The first-order chi connectivity index (χ1) is 10.2. The van der Waals surface area contributed by atoms with Crippen LogP contribution in [0.5, 0.6) is 5.75 Å². The summed E-state index contributed by atoms with van der Waals surface area (Å²) in [6.07, 6.45) is 6.32.